The fourth-order valence-electron chi connectivity index (χ4n) is 9.98. The molecule has 4 aliphatic heterocycles. The number of carbonyl (C=O) groups is 2. The molecule has 4 fully saturated rings. The van der Waals surface area contributed by atoms with Gasteiger partial charge in [0.25, 0.3) is 11.5 Å². The van der Waals surface area contributed by atoms with Crippen molar-refractivity contribution in [3.05, 3.63) is 63.7 Å². The molecule has 0 bridgehead atoms. The van der Waals surface area contributed by atoms with Gasteiger partial charge in [-0.15, -0.1) is 0 Å². The van der Waals surface area contributed by atoms with Crippen LogP contribution in [0.2, 0.25) is 5.02 Å². The number of imide groups is 1. The number of halogens is 5. The highest BCUT2D eigenvalue weighted by Crippen LogP contribution is 2.46. The molecule has 3 aromatic heterocycles. The lowest BCUT2D eigenvalue weighted by molar-refractivity contribution is -0.134. The lowest BCUT2D eigenvalue weighted by atomic mass is 9.91. The van der Waals surface area contributed by atoms with E-state index >= 15 is 17.6 Å². The van der Waals surface area contributed by atoms with Crippen molar-refractivity contribution in [1.29, 1.82) is 0 Å². The summed E-state index contributed by atoms with van der Waals surface area (Å²) in [4.78, 5) is 52.5. The van der Waals surface area contributed by atoms with Crippen molar-refractivity contribution in [1.82, 2.24) is 34.5 Å². The molecule has 2 unspecified atom stereocenters. The van der Waals surface area contributed by atoms with Crippen LogP contribution >= 0.6 is 11.6 Å². The number of carbonyl (C=O) groups excluding carboxylic acids is 2. The lowest BCUT2D eigenvalue weighted by Crippen LogP contribution is -2.57. The van der Waals surface area contributed by atoms with E-state index in [-0.39, 0.29) is 71.4 Å². The average molecular weight is 906 g/mol. The molecule has 1 saturated carbocycles. The number of alkyl halides is 4. The standard InChI is InChI=1S/C44H48ClF4N11O4/c1-23-19-59(32-6-4-5-27-34(55-57(3)36(27)32)28-10-12-33(61)52-40(28)62)16-15-58(23)20-25-13-14-60(21-43(25,46)47)42-50-18-30(45)39(54-42)51-26-9-11-31-29(17-26)35-37(41(63)56(31)2)64-22-44(48,49)38(53-35)24-7-8-24/h4-6,9,11,17-18,23-25,28,38,53H,7-8,10,12-16,19-22H2,1-3H3,(H,50,51,54)(H,52,61,62)/t23-,25?,28?,38-/m0/s1. The fourth-order valence-corrected chi connectivity index (χ4v) is 10.1. The van der Waals surface area contributed by atoms with E-state index in [2.05, 4.69) is 35.7 Å². The van der Waals surface area contributed by atoms with E-state index in [1.54, 1.807) is 29.9 Å². The molecule has 3 N–H and O–H groups in total. The van der Waals surface area contributed by atoms with Gasteiger partial charge in [0.2, 0.25) is 23.5 Å². The third kappa shape index (κ3) is 7.52. The van der Waals surface area contributed by atoms with Crippen molar-refractivity contribution in [3.8, 4) is 5.75 Å². The number of para-hydroxylation sites is 1. The smallest absolute Gasteiger partial charge is 0.301 e. The molecule has 64 heavy (non-hydrogen) atoms. The van der Waals surface area contributed by atoms with Gasteiger partial charge < -0.3 is 29.7 Å². The van der Waals surface area contributed by atoms with Crippen molar-refractivity contribution in [2.45, 2.75) is 68.9 Å². The van der Waals surface area contributed by atoms with Crippen LogP contribution in [0.3, 0.4) is 0 Å². The molecular weight excluding hydrogens is 858 g/mol. The Hall–Kier alpha value is -5.69. The summed E-state index contributed by atoms with van der Waals surface area (Å²) in [5, 5.41) is 14.8. The number of pyridine rings is 1. The molecular formula is C44H48ClF4N11O4. The Kier molecular flexibility index (Phi) is 10.4. The zero-order chi connectivity index (χ0) is 44.8. The lowest BCUT2D eigenvalue weighted by Gasteiger charge is -2.45. The van der Waals surface area contributed by atoms with E-state index in [1.165, 1.54) is 15.7 Å². The Morgan fingerprint density at radius 1 is 0.969 bits per heavy atom. The van der Waals surface area contributed by atoms with E-state index < -0.39 is 48.4 Å². The molecule has 3 saturated heterocycles. The van der Waals surface area contributed by atoms with Gasteiger partial charge in [0.1, 0.15) is 5.02 Å². The summed E-state index contributed by atoms with van der Waals surface area (Å²) in [7, 11) is 3.39. The van der Waals surface area contributed by atoms with Crippen LogP contribution in [0.1, 0.15) is 50.6 Å². The van der Waals surface area contributed by atoms with Crippen LogP contribution in [0.5, 0.6) is 5.75 Å². The number of ether oxygens (including phenoxy) is 1. The number of piperidine rings is 2. The Morgan fingerprint density at radius 3 is 2.53 bits per heavy atom. The van der Waals surface area contributed by atoms with Crippen LogP contribution < -0.4 is 36.0 Å². The third-order valence-corrected chi connectivity index (χ3v) is 13.9. The first kappa shape index (κ1) is 42.3. The van der Waals surface area contributed by atoms with Crippen molar-refractivity contribution in [2.75, 3.05) is 66.3 Å². The number of hydrogen-bond donors (Lipinski definition) is 3. The highest BCUT2D eigenvalue weighted by atomic mass is 35.5. The number of nitrogens with one attached hydrogen (secondary N) is 3. The summed E-state index contributed by atoms with van der Waals surface area (Å²) in [6.07, 6.45) is 3.52. The van der Waals surface area contributed by atoms with Crippen molar-refractivity contribution >= 4 is 74.0 Å². The van der Waals surface area contributed by atoms with Gasteiger partial charge in [-0.25, -0.2) is 22.5 Å². The first-order valence-corrected chi connectivity index (χ1v) is 22.1. The van der Waals surface area contributed by atoms with Crippen molar-refractivity contribution < 1.29 is 31.9 Å². The minimum atomic E-state index is -3.19. The molecule has 1 aliphatic carbocycles. The highest BCUT2D eigenvalue weighted by Gasteiger charge is 2.51. The molecule has 2 amide bonds. The van der Waals surface area contributed by atoms with Crippen LogP contribution in [0.15, 0.2) is 47.4 Å². The number of fused-ring (bicyclic) bond motifs is 4. The maximum atomic E-state index is 16.2. The van der Waals surface area contributed by atoms with Gasteiger partial charge in [-0.3, -0.25) is 29.3 Å². The number of hydrogen-bond acceptors (Lipinski definition) is 12. The molecule has 0 radical (unpaired) electrons. The van der Waals surface area contributed by atoms with Crippen LogP contribution in [-0.4, -0.2) is 111 Å². The number of benzene rings is 2. The zero-order valence-corrected chi connectivity index (χ0v) is 36.3. The van der Waals surface area contributed by atoms with E-state index in [0.717, 1.165) is 16.6 Å². The van der Waals surface area contributed by atoms with Gasteiger partial charge in [0, 0.05) is 81.7 Å². The second-order valence-corrected chi connectivity index (χ2v) is 18.4. The molecule has 4 atom stereocenters. The van der Waals surface area contributed by atoms with Gasteiger partial charge in [0.15, 0.2) is 12.4 Å². The molecule has 5 aromatic rings. The van der Waals surface area contributed by atoms with Gasteiger partial charge >= 0.3 is 5.92 Å². The SMILES string of the molecule is C[C@H]1CN(c2cccc3c(C4CCC(=O)NC4=O)nn(C)c23)CCN1CC1CCN(c2ncc(Cl)c(Nc3ccc4c(c3)c3c(c(=O)n4C)OCC(F)(F)[C@H](C4CC4)N3)n2)CC1(F)F. The number of aromatic nitrogens is 5. The number of aryl methyl sites for hydroxylation is 2. The van der Waals surface area contributed by atoms with Gasteiger partial charge in [-0.1, -0.05) is 23.7 Å². The van der Waals surface area contributed by atoms with Crippen LogP contribution in [0.4, 0.5) is 46.4 Å². The maximum Gasteiger partial charge on any atom is 0.301 e. The molecule has 338 valence electrons. The number of nitrogens with zero attached hydrogens (tertiary/aromatic N) is 8. The van der Waals surface area contributed by atoms with Crippen molar-refractivity contribution in [3.63, 3.8) is 0 Å². The Bertz CT molecular complexity index is 2760. The average Bonchev–Trinajstić information content (AvgIpc) is 4.06. The largest absolute Gasteiger partial charge is 0.480 e. The molecule has 0 spiro atoms. The normalized spacial score (nSPS) is 24.8. The number of rotatable bonds is 8. The Balaban J connectivity index is 0.816. The van der Waals surface area contributed by atoms with E-state index in [0.29, 0.717) is 67.7 Å². The second kappa shape index (κ2) is 15.8. The summed E-state index contributed by atoms with van der Waals surface area (Å²) < 4.78 is 71.3. The van der Waals surface area contributed by atoms with E-state index in [1.807, 2.05) is 32.2 Å². The fraction of sp³-hybridized carbons (Fsp3) is 0.500. The highest BCUT2D eigenvalue weighted by molar-refractivity contribution is 6.33. The maximum absolute atomic E-state index is 16.2. The molecule has 2 aromatic carbocycles. The molecule has 5 aliphatic rings. The van der Waals surface area contributed by atoms with Crippen molar-refractivity contribution in [2.24, 2.45) is 25.9 Å². The first-order chi connectivity index (χ1) is 30.6. The topological polar surface area (TPSA) is 155 Å². The Labute approximate surface area is 370 Å². The minimum Gasteiger partial charge on any atom is -0.480 e. The molecule has 20 heteroatoms. The molecule has 7 heterocycles. The summed E-state index contributed by atoms with van der Waals surface area (Å²) in [6.45, 7) is 2.86. The van der Waals surface area contributed by atoms with Crippen LogP contribution in [0, 0.1) is 11.8 Å². The number of amides is 2. The summed E-state index contributed by atoms with van der Waals surface area (Å²) in [5.41, 5.74) is 3.09. The monoisotopic (exact) mass is 905 g/mol. The molecule has 15 nitrogen and oxygen atoms in total. The third-order valence-electron chi connectivity index (χ3n) is 13.6. The van der Waals surface area contributed by atoms with Gasteiger partial charge in [-0.2, -0.15) is 10.1 Å². The quantitative estimate of drug-likeness (QED) is 0.123. The number of anilines is 5. The van der Waals surface area contributed by atoms with Gasteiger partial charge in [-0.05, 0) is 62.8 Å². The van der Waals surface area contributed by atoms with E-state index in [9.17, 15) is 14.4 Å². The van der Waals surface area contributed by atoms with Crippen LogP contribution in [0.25, 0.3) is 21.8 Å². The number of piperazine rings is 1. The van der Waals surface area contributed by atoms with Crippen LogP contribution in [-0.2, 0) is 23.7 Å². The summed E-state index contributed by atoms with van der Waals surface area (Å²) in [5.74, 6) is -8.47. The summed E-state index contributed by atoms with van der Waals surface area (Å²) >= 11 is 6.56. The zero-order valence-electron chi connectivity index (χ0n) is 35.5. The second-order valence-electron chi connectivity index (χ2n) is 17.9. The minimum absolute atomic E-state index is 0.0345. The van der Waals surface area contributed by atoms with Gasteiger partial charge in [0.05, 0.1) is 52.8 Å². The first-order valence-electron chi connectivity index (χ1n) is 21.7. The van der Waals surface area contributed by atoms with E-state index in [4.69, 9.17) is 21.4 Å². The predicted octanol–water partition coefficient (Wildman–Crippen LogP) is 6.02. The molecule has 10 rings (SSSR count). The Morgan fingerprint density at radius 2 is 1.78 bits per heavy atom. The predicted molar refractivity (Wildman–Crippen MR) is 234 cm³/mol. The summed E-state index contributed by atoms with van der Waals surface area (Å²) in [6, 6.07) is 9.74.